The molecule has 2 aromatic heterocycles. The van der Waals surface area contributed by atoms with Crippen molar-refractivity contribution in [2.75, 3.05) is 0 Å². The number of hydrogen-bond acceptors (Lipinski definition) is 4. The maximum Gasteiger partial charge on any atom is 0.0705 e. The maximum atomic E-state index is 5.78. The number of halogens is 1. The predicted octanol–water partition coefficient (Wildman–Crippen LogP) is 3.81. The van der Waals surface area contributed by atoms with E-state index in [-0.39, 0.29) is 6.04 Å². The van der Waals surface area contributed by atoms with Crippen LogP contribution in [-0.4, -0.2) is 4.98 Å². The standard InChI is InChI=1S/C15H14BrN3S/c16-12-6-8-20-15(12)9-14(19-17)11-5-7-18-13-4-2-1-3-10(11)13/h1-8,14,19H,9,17H2. The summed E-state index contributed by atoms with van der Waals surface area (Å²) in [5.74, 6) is 5.78. The molecule has 102 valence electrons. The fraction of sp³-hybridized carbons (Fsp3) is 0.133. The largest absolute Gasteiger partial charge is 0.271 e. The Morgan fingerprint density at radius 3 is 2.85 bits per heavy atom. The third-order valence-electron chi connectivity index (χ3n) is 3.34. The van der Waals surface area contributed by atoms with Gasteiger partial charge in [-0.15, -0.1) is 11.3 Å². The van der Waals surface area contributed by atoms with E-state index in [4.69, 9.17) is 5.84 Å². The summed E-state index contributed by atoms with van der Waals surface area (Å²) in [5, 5.41) is 3.23. The van der Waals surface area contributed by atoms with Gasteiger partial charge in [-0.05, 0) is 45.1 Å². The minimum absolute atomic E-state index is 0.0675. The quantitative estimate of drug-likeness (QED) is 0.557. The van der Waals surface area contributed by atoms with Gasteiger partial charge in [0.2, 0.25) is 0 Å². The molecule has 0 saturated heterocycles. The van der Waals surface area contributed by atoms with Crippen molar-refractivity contribution >= 4 is 38.2 Å². The van der Waals surface area contributed by atoms with Crippen molar-refractivity contribution < 1.29 is 0 Å². The third-order valence-corrected chi connectivity index (χ3v) is 5.29. The fourth-order valence-electron chi connectivity index (χ4n) is 2.34. The van der Waals surface area contributed by atoms with E-state index in [2.05, 4.69) is 43.9 Å². The minimum atomic E-state index is 0.0675. The number of pyridine rings is 1. The average Bonchev–Trinajstić information content (AvgIpc) is 2.89. The van der Waals surface area contributed by atoms with Gasteiger partial charge in [-0.1, -0.05) is 18.2 Å². The summed E-state index contributed by atoms with van der Waals surface area (Å²) < 4.78 is 1.14. The highest BCUT2D eigenvalue weighted by Crippen LogP contribution is 2.30. The highest BCUT2D eigenvalue weighted by molar-refractivity contribution is 9.10. The molecule has 0 aliphatic rings. The van der Waals surface area contributed by atoms with Crippen LogP contribution in [0.5, 0.6) is 0 Å². The zero-order valence-electron chi connectivity index (χ0n) is 10.7. The summed E-state index contributed by atoms with van der Waals surface area (Å²) in [6.07, 6.45) is 2.69. The van der Waals surface area contributed by atoms with Crippen molar-refractivity contribution in [1.82, 2.24) is 10.4 Å². The van der Waals surface area contributed by atoms with Crippen LogP contribution in [0.1, 0.15) is 16.5 Å². The molecule has 3 rings (SSSR count). The monoisotopic (exact) mass is 347 g/mol. The molecule has 0 amide bonds. The molecule has 3 aromatic rings. The predicted molar refractivity (Wildman–Crippen MR) is 87.5 cm³/mol. The lowest BCUT2D eigenvalue weighted by molar-refractivity contribution is 0.558. The van der Waals surface area contributed by atoms with Gasteiger partial charge in [-0.25, -0.2) is 0 Å². The number of thiophene rings is 1. The topological polar surface area (TPSA) is 50.9 Å². The molecule has 5 heteroatoms. The van der Waals surface area contributed by atoms with Crippen molar-refractivity contribution in [3.8, 4) is 0 Å². The van der Waals surface area contributed by atoms with Crippen LogP contribution in [-0.2, 0) is 6.42 Å². The first kappa shape index (κ1) is 13.7. The number of rotatable bonds is 4. The van der Waals surface area contributed by atoms with E-state index in [1.54, 1.807) is 11.3 Å². The van der Waals surface area contributed by atoms with Crippen LogP contribution in [0.15, 0.2) is 52.4 Å². The third kappa shape index (κ3) is 2.62. The molecular formula is C15H14BrN3S. The molecule has 0 spiro atoms. The lowest BCUT2D eigenvalue weighted by Crippen LogP contribution is -2.29. The van der Waals surface area contributed by atoms with Crippen molar-refractivity contribution in [3.63, 3.8) is 0 Å². The highest BCUT2D eigenvalue weighted by atomic mass is 79.9. The number of fused-ring (bicyclic) bond motifs is 1. The van der Waals surface area contributed by atoms with Crippen LogP contribution in [0.4, 0.5) is 0 Å². The van der Waals surface area contributed by atoms with Crippen molar-refractivity contribution in [2.24, 2.45) is 5.84 Å². The normalized spacial score (nSPS) is 12.7. The zero-order valence-corrected chi connectivity index (χ0v) is 13.1. The van der Waals surface area contributed by atoms with Crippen molar-refractivity contribution in [1.29, 1.82) is 0 Å². The number of nitrogens with two attached hydrogens (primary N) is 1. The Kier molecular flexibility index (Phi) is 4.12. The van der Waals surface area contributed by atoms with E-state index in [0.717, 1.165) is 21.8 Å². The van der Waals surface area contributed by atoms with Gasteiger partial charge in [-0.2, -0.15) is 0 Å². The van der Waals surface area contributed by atoms with E-state index >= 15 is 0 Å². The number of aromatic nitrogens is 1. The Balaban J connectivity index is 2.01. The number of benzene rings is 1. The zero-order chi connectivity index (χ0) is 13.9. The van der Waals surface area contributed by atoms with Gasteiger partial charge in [0, 0.05) is 27.4 Å². The Labute approximate surface area is 129 Å². The first-order valence-corrected chi connectivity index (χ1v) is 7.98. The molecule has 1 unspecified atom stereocenters. The SMILES string of the molecule is NNC(Cc1sccc1Br)c1ccnc2ccccc12. The second-order valence-electron chi connectivity index (χ2n) is 4.53. The van der Waals surface area contributed by atoms with Crippen LogP contribution in [0.25, 0.3) is 10.9 Å². The molecule has 0 aliphatic heterocycles. The van der Waals surface area contributed by atoms with Gasteiger partial charge < -0.3 is 0 Å². The molecular weight excluding hydrogens is 334 g/mol. The average molecular weight is 348 g/mol. The van der Waals surface area contributed by atoms with E-state index < -0.39 is 0 Å². The van der Waals surface area contributed by atoms with Crippen molar-refractivity contribution in [3.05, 3.63) is 62.9 Å². The fourth-order valence-corrected chi connectivity index (χ4v) is 3.90. The number of nitrogens with zero attached hydrogens (tertiary/aromatic N) is 1. The van der Waals surface area contributed by atoms with Crippen molar-refractivity contribution in [2.45, 2.75) is 12.5 Å². The smallest absolute Gasteiger partial charge is 0.0705 e. The van der Waals surface area contributed by atoms with Gasteiger partial charge in [-0.3, -0.25) is 16.3 Å². The first-order valence-electron chi connectivity index (χ1n) is 6.31. The molecule has 20 heavy (non-hydrogen) atoms. The molecule has 0 aliphatic carbocycles. The second-order valence-corrected chi connectivity index (χ2v) is 6.39. The lowest BCUT2D eigenvalue weighted by Gasteiger charge is -2.17. The molecule has 3 nitrogen and oxygen atoms in total. The van der Waals surface area contributed by atoms with E-state index in [1.807, 2.05) is 30.5 Å². The van der Waals surface area contributed by atoms with Crippen LogP contribution in [0.3, 0.4) is 0 Å². The minimum Gasteiger partial charge on any atom is -0.271 e. The molecule has 3 N–H and O–H groups in total. The van der Waals surface area contributed by atoms with E-state index in [9.17, 15) is 0 Å². The number of hydrogen-bond donors (Lipinski definition) is 2. The Morgan fingerprint density at radius 1 is 1.25 bits per heavy atom. The summed E-state index contributed by atoms with van der Waals surface area (Å²) >= 11 is 5.31. The van der Waals surface area contributed by atoms with Crippen LogP contribution < -0.4 is 11.3 Å². The number of para-hydroxylation sites is 1. The van der Waals surface area contributed by atoms with Crippen LogP contribution >= 0.6 is 27.3 Å². The summed E-state index contributed by atoms with van der Waals surface area (Å²) in [6, 6.07) is 12.3. The van der Waals surface area contributed by atoms with Gasteiger partial charge >= 0.3 is 0 Å². The molecule has 2 heterocycles. The molecule has 1 atom stereocenters. The van der Waals surface area contributed by atoms with E-state index in [1.165, 1.54) is 10.4 Å². The van der Waals surface area contributed by atoms with Gasteiger partial charge in [0.25, 0.3) is 0 Å². The van der Waals surface area contributed by atoms with Gasteiger partial charge in [0.15, 0.2) is 0 Å². The molecule has 0 fully saturated rings. The Bertz CT molecular complexity index is 720. The highest BCUT2D eigenvalue weighted by Gasteiger charge is 2.16. The molecule has 0 saturated carbocycles. The lowest BCUT2D eigenvalue weighted by atomic mass is 9.99. The number of hydrazine groups is 1. The summed E-state index contributed by atoms with van der Waals surface area (Å²) in [4.78, 5) is 5.68. The summed E-state index contributed by atoms with van der Waals surface area (Å²) in [7, 11) is 0. The summed E-state index contributed by atoms with van der Waals surface area (Å²) in [6.45, 7) is 0. The maximum absolute atomic E-state index is 5.78. The first-order chi connectivity index (χ1) is 9.79. The summed E-state index contributed by atoms with van der Waals surface area (Å²) in [5.41, 5.74) is 5.11. The van der Waals surface area contributed by atoms with Crippen LogP contribution in [0, 0.1) is 0 Å². The molecule has 1 aromatic carbocycles. The molecule has 0 radical (unpaired) electrons. The van der Waals surface area contributed by atoms with Crippen LogP contribution in [0.2, 0.25) is 0 Å². The van der Waals surface area contributed by atoms with E-state index in [0.29, 0.717) is 0 Å². The number of nitrogens with one attached hydrogen (secondary N) is 1. The Hall–Kier alpha value is -1.27. The Morgan fingerprint density at radius 2 is 2.10 bits per heavy atom. The van der Waals surface area contributed by atoms with Gasteiger partial charge in [0.1, 0.15) is 0 Å². The second kappa shape index (κ2) is 6.01. The van der Waals surface area contributed by atoms with Gasteiger partial charge in [0.05, 0.1) is 11.6 Å². The molecule has 0 bridgehead atoms.